The maximum atomic E-state index is 12.6. The van der Waals surface area contributed by atoms with Crippen LogP contribution in [0.3, 0.4) is 0 Å². The standard InChI is InChI=1S/C19H21NO2/c1-3-8-18(15-9-5-4-6-10-15)19(22)20-17-12-7-11-16(13-17)14(2)21/h4-7,9-13,18H,3,8H2,1-2H3,(H,20,22)/t18-/m0/s1. The van der Waals surface area contributed by atoms with Gasteiger partial charge in [0.05, 0.1) is 5.92 Å². The van der Waals surface area contributed by atoms with Crippen molar-refractivity contribution in [2.75, 3.05) is 5.32 Å². The molecule has 0 unspecified atom stereocenters. The smallest absolute Gasteiger partial charge is 0.231 e. The lowest BCUT2D eigenvalue weighted by molar-refractivity contribution is -0.117. The van der Waals surface area contributed by atoms with Crippen molar-refractivity contribution in [3.8, 4) is 0 Å². The van der Waals surface area contributed by atoms with E-state index in [2.05, 4.69) is 12.2 Å². The summed E-state index contributed by atoms with van der Waals surface area (Å²) in [5.74, 6) is -0.217. The molecule has 0 spiro atoms. The van der Waals surface area contributed by atoms with Crippen LogP contribution in [0.1, 0.15) is 48.5 Å². The summed E-state index contributed by atoms with van der Waals surface area (Å²) in [5, 5.41) is 2.93. The topological polar surface area (TPSA) is 46.2 Å². The lowest BCUT2D eigenvalue weighted by Crippen LogP contribution is -2.21. The minimum Gasteiger partial charge on any atom is -0.326 e. The molecule has 0 saturated heterocycles. The molecule has 0 aliphatic carbocycles. The van der Waals surface area contributed by atoms with E-state index < -0.39 is 0 Å². The molecule has 2 aromatic carbocycles. The molecule has 1 atom stereocenters. The quantitative estimate of drug-likeness (QED) is 0.802. The molecule has 0 fully saturated rings. The van der Waals surface area contributed by atoms with Gasteiger partial charge in [-0.25, -0.2) is 0 Å². The summed E-state index contributed by atoms with van der Waals surface area (Å²) in [6.45, 7) is 3.59. The molecular weight excluding hydrogens is 274 g/mol. The highest BCUT2D eigenvalue weighted by Gasteiger charge is 2.19. The van der Waals surface area contributed by atoms with Gasteiger partial charge in [0.1, 0.15) is 0 Å². The number of anilines is 1. The molecule has 0 bridgehead atoms. The largest absolute Gasteiger partial charge is 0.326 e. The van der Waals surface area contributed by atoms with Gasteiger partial charge in [0, 0.05) is 11.3 Å². The Balaban J connectivity index is 2.18. The van der Waals surface area contributed by atoms with E-state index in [1.165, 1.54) is 6.92 Å². The summed E-state index contributed by atoms with van der Waals surface area (Å²) in [4.78, 5) is 24.0. The SMILES string of the molecule is CCC[C@H](C(=O)Nc1cccc(C(C)=O)c1)c1ccccc1. The molecule has 0 aliphatic heterocycles. The van der Waals surface area contributed by atoms with Crippen LogP contribution in [0.4, 0.5) is 5.69 Å². The lowest BCUT2D eigenvalue weighted by atomic mass is 9.93. The van der Waals surface area contributed by atoms with Crippen LogP contribution in [0.25, 0.3) is 0 Å². The van der Waals surface area contributed by atoms with Crippen LogP contribution in [-0.2, 0) is 4.79 Å². The molecule has 0 saturated carbocycles. The van der Waals surface area contributed by atoms with E-state index in [0.29, 0.717) is 11.3 Å². The number of ketones is 1. The van der Waals surface area contributed by atoms with Gasteiger partial charge in [-0.05, 0) is 31.0 Å². The van der Waals surface area contributed by atoms with Crippen molar-refractivity contribution in [3.05, 3.63) is 65.7 Å². The van der Waals surface area contributed by atoms with E-state index >= 15 is 0 Å². The summed E-state index contributed by atoms with van der Waals surface area (Å²) >= 11 is 0. The summed E-state index contributed by atoms with van der Waals surface area (Å²) in [6.07, 6.45) is 1.72. The Bertz CT molecular complexity index is 649. The number of amides is 1. The molecule has 1 N–H and O–H groups in total. The number of carbonyl (C=O) groups is 2. The number of carbonyl (C=O) groups excluding carboxylic acids is 2. The molecule has 0 radical (unpaired) electrons. The van der Waals surface area contributed by atoms with Gasteiger partial charge in [-0.1, -0.05) is 55.8 Å². The lowest BCUT2D eigenvalue weighted by Gasteiger charge is -2.17. The van der Waals surface area contributed by atoms with E-state index in [-0.39, 0.29) is 17.6 Å². The van der Waals surface area contributed by atoms with Crippen molar-refractivity contribution in [1.29, 1.82) is 0 Å². The molecule has 0 aliphatic rings. The zero-order valence-corrected chi connectivity index (χ0v) is 13.0. The molecule has 2 aromatic rings. The summed E-state index contributed by atoms with van der Waals surface area (Å²) in [5.41, 5.74) is 2.28. The van der Waals surface area contributed by atoms with E-state index in [1.54, 1.807) is 24.3 Å². The Kier molecular flexibility index (Phi) is 5.48. The number of hydrogen-bond acceptors (Lipinski definition) is 2. The molecule has 0 heterocycles. The normalized spacial score (nSPS) is 11.7. The molecule has 114 valence electrons. The van der Waals surface area contributed by atoms with Gasteiger partial charge in [0.15, 0.2) is 5.78 Å². The molecule has 1 amide bonds. The minimum absolute atomic E-state index is 0.00994. The van der Waals surface area contributed by atoms with Crippen molar-refractivity contribution in [3.63, 3.8) is 0 Å². The monoisotopic (exact) mass is 295 g/mol. The van der Waals surface area contributed by atoms with Gasteiger partial charge in [-0.3, -0.25) is 9.59 Å². The molecule has 22 heavy (non-hydrogen) atoms. The fourth-order valence-electron chi connectivity index (χ4n) is 2.47. The highest BCUT2D eigenvalue weighted by molar-refractivity contribution is 5.98. The highest BCUT2D eigenvalue weighted by atomic mass is 16.2. The Morgan fingerprint density at radius 1 is 1.05 bits per heavy atom. The van der Waals surface area contributed by atoms with Gasteiger partial charge >= 0.3 is 0 Å². The Morgan fingerprint density at radius 3 is 2.41 bits per heavy atom. The Morgan fingerprint density at radius 2 is 1.77 bits per heavy atom. The van der Waals surface area contributed by atoms with Crippen LogP contribution in [0.2, 0.25) is 0 Å². The number of hydrogen-bond donors (Lipinski definition) is 1. The molecule has 3 nitrogen and oxygen atoms in total. The van der Waals surface area contributed by atoms with Gasteiger partial charge < -0.3 is 5.32 Å². The van der Waals surface area contributed by atoms with Crippen LogP contribution in [0.5, 0.6) is 0 Å². The number of nitrogens with one attached hydrogen (secondary N) is 1. The van der Waals surface area contributed by atoms with Crippen LogP contribution in [0, 0.1) is 0 Å². The first-order valence-electron chi connectivity index (χ1n) is 7.58. The summed E-state index contributed by atoms with van der Waals surface area (Å²) < 4.78 is 0. The average Bonchev–Trinajstić information content (AvgIpc) is 2.53. The summed E-state index contributed by atoms with van der Waals surface area (Å²) in [6, 6.07) is 16.8. The number of rotatable bonds is 6. The predicted octanol–water partition coefficient (Wildman–Crippen LogP) is 4.41. The van der Waals surface area contributed by atoms with Crippen molar-refractivity contribution in [2.45, 2.75) is 32.6 Å². The third-order valence-electron chi connectivity index (χ3n) is 3.63. The van der Waals surface area contributed by atoms with Crippen molar-refractivity contribution < 1.29 is 9.59 Å². The van der Waals surface area contributed by atoms with E-state index in [4.69, 9.17) is 0 Å². The molecule has 3 heteroatoms. The van der Waals surface area contributed by atoms with E-state index in [9.17, 15) is 9.59 Å². The fourth-order valence-corrected chi connectivity index (χ4v) is 2.47. The predicted molar refractivity (Wildman–Crippen MR) is 89.2 cm³/mol. The minimum atomic E-state index is -0.174. The summed E-state index contributed by atoms with van der Waals surface area (Å²) in [7, 11) is 0. The van der Waals surface area contributed by atoms with Crippen molar-refractivity contribution in [2.24, 2.45) is 0 Å². The maximum absolute atomic E-state index is 12.6. The zero-order valence-electron chi connectivity index (χ0n) is 13.0. The third-order valence-corrected chi connectivity index (χ3v) is 3.63. The van der Waals surface area contributed by atoms with Crippen LogP contribution in [0.15, 0.2) is 54.6 Å². The molecular formula is C19H21NO2. The second-order valence-electron chi connectivity index (χ2n) is 5.38. The van der Waals surface area contributed by atoms with Crippen LogP contribution >= 0.6 is 0 Å². The Hall–Kier alpha value is -2.42. The maximum Gasteiger partial charge on any atom is 0.231 e. The zero-order chi connectivity index (χ0) is 15.9. The van der Waals surface area contributed by atoms with Gasteiger partial charge in [-0.15, -0.1) is 0 Å². The number of Topliss-reactive ketones (excluding diaryl/α,β-unsaturated/α-hetero) is 1. The van der Waals surface area contributed by atoms with Gasteiger partial charge in [0.25, 0.3) is 0 Å². The second kappa shape index (κ2) is 7.55. The van der Waals surface area contributed by atoms with Crippen LogP contribution < -0.4 is 5.32 Å². The second-order valence-corrected chi connectivity index (χ2v) is 5.38. The number of benzene rings is 2. The van der Waals surface area contributed by atoms with Crippen molar-refractivity contribution in [1.82, 2.24) is 0 Å². The highest BCUT2D eigenvalue weighted by Crippen LogP contribution is 2.23. The van der Waals surface area contributed by atoms with E-state index in [0.717, 1.165) is 18.4 Å². The molecule has 2 rings (SSSR count). The first-order chi connectivity index (χ1) is 10.6. The molecule has 0 aromatic heterocycles. The van der Waals surface area contributed by atoms with Gasteiger partial charge in [-0.2, -0.15) is 0 Å². The van der Waals surface area contributed by atoms with Crippen LogP contribution in [-0.4, -0.2) is 11.7 Å². The Labute approximate surface area is 131 Å². The fraction of sp³-hybridized carbons (Fsp3) is 0.263. The first-order valence-corrected chi connectivity index (χ1v) is 7.58. The average molecular weight is 295 g/mol. The van der Waals surface area contributed by atoms with Gasteiger partial charge in [0.2, 0.25) is 5.91 Å². The van der Waals surface area contributed by atoms with Crippen molar-refractivity contribution >= 4 is 17.4 Å². The third kappa shape index (κ3) is 4.04. The van der Waals surface area contributed by atoms with E-state index in [1.807, 2.05) is 30.3 Å². The first kappa shape index (κ1) is 16.0.